The number of benzene rings is 1. The van der Waals surface area contributed by atoms with Gasteiger partial charge in [-0.25, -0.2) is 0 Å². The van der Waals surface area contributed by atoms with Crippen molar-refractivity contribution in [3.63, 3.8) is 0 Å². The van der Waals surface area contributed by atoms with Crippen molar-refractivity contribution in [2.24, 2.45) is 0 Å². The summed E-state index contributed by atoms with van der Waals surface area (Å²) in [5.41, 5.74) is 0.736. The molecule has 0 saturated carbocycles. The van der Waals surface area contributed by atoms with Crippen molar-refractivity contribution in [1.29, 1.82) is 0 Å². The summed E-state index contributed by atoms with van der Waals surface area (Å²) in [6, 6.07) is 9.95. The van der Waals surface area contributed by atoms with Gasteiger partial charge in [0.15, 0.2) is 0 Å². The monoisotopic (exact) mass is 282 g/mol. The average Bonchev–Trinajstić information content (AvgIpc) is 3.05. The van der Waals surface area contributed by atoms with Crippen molar-refractivity contribution < 1.29 is 9.26 Å². The van der Waals surface area contributed by atoms with E-state index in [0.29, 0.717) is 24.9 Å². The van der Waals surface area contributed by atoms with Crippen LogP contribution in [-0.4, -0.2) is 34.9 Å². The van der Waals surface area contributed by atoms with Gasteiger partial charge in [-0.1, -0.05) is 29.4 Å². The molecule has 1 aliphatic rings. The standard InChI is InChI=1S/C15H14N4O2/c1-2-4-11-10(3-1)5-6-17-13(11)14-18-15(21-19-14)12-9-20-8-7-16-12/h1-6,12,16H,7-9H2. The zero-order valence-corrected chi connectivity index (χ0v) is 11.3. The first-order chi connectivity index (χ1) is 10.4. The lowest BCUT2D eigenvalue weighted by atomic mass is 10.1. The first-order valence-electron chi connectivity index (χ1n) is 6.91. The minimum atomic E-state index is -0.0463. The van der Waals surface area contributed by atoms with E-state index in [1.165, 1.54) is 0 Å². The molecular formula is C15H14N4O2. The number of pyridine rings is 1. The highest BCUT2D eigenvalue weighted by Crippen LogP contribution is 2.25. The van der Waals surface area contributed by atoms with E-state index in [2.05, 4.69) is 20.4 Å². The number of rotatable bonds is 2. The fourth-order valence-corrected chi connectivity index (χ4v) is 2.49. The Morgan fingerprint density at radius 2 is 2.14 bits per heavy atom. The molecule has 0 spiro atoms. The van der Waals surface area contributed by atoms with Gasteiger partial charge in [-0.3, -0.25) is 4.98 Å². The molecule has 1 unspecified atom stereocenters. The average molecular weight is 282 g/mol. The van der Waals surface area contributed by atoms with Crippen LogP contribution in [0.3, 0.4) is 0 Å². The zero-order chi connectivity index (χ0) is 14.1. The number of morpholine rings is 1. The second-order valence-corrected chi connectivity index (χ2v) is 4.92. The molecular weight excluding hydrogens is 268 g/mol. The van der Waals surface area contributed by atoms with Gasteiger partial charge in [0.1, 0.15) is 11.7 Å². The highest BCUT2D eigenvalue weighted by molar-refractivity contribution is 5.92. The quantitative estimate of drug-likeness (QED) is 0.774. The van der Waals surface area contributed by atoms with Crippen molar-refractivity contribution in [2.45, 2.75) is 6.04 Å². The number of fused-ring (bicyclic) bond motifs is 1. The predicted molar refractivity (Wildman–Crippen MR) is 76.6 cm³/mol. The third kappa shape index (κ3) is 2.28. The van der Waals surface area contributed by atoms with Gasteiger partial charge < -0.3 is 14.6 Å². The number of ether oxygens (including phenoxy) is 1. The van der Waals surface area contributed by atoms with E-state index in [1.807, 2.05) is 30.3 Å². The lowest BCUT2D eigenvalue weighted by Gasteiger charge is -2.20. The first-order valence-corrected chi connectivity index (χ1v) is 6.91. The Kier molecular flexibility index (Phi) is 3.10. The number of hydrogen-bond donors (Lipinski definition) is 1. The van der Waals surface area contributed by atoms with E-state index in [9.17, 15) is 0 Å². The molecule has 21 heavy (non-hydrogen) atoms. The predicted octanol–water partition coefficient (Wildman–Crippen LogP) is 1.95. The molecule has 1 atom stereocenters. The smallest absolute Gasteiger partial charge is 0.246 e. The van der Waals surface area contributed by atoms with Crippen molar-refractivity contribution >= 4 is 10.8 Å². The van der Waals surface area contributed by atoms with Crippen LogP contribution >= 0.6 is 0 Å². The van der Waals surface area contributed by atoms with Crippen LogP contribution in [0.2, 0.25) is 0 Å². The molecule has 106 valence electrons. The Labute approximate surface area is 121 Å². The number of nitrogens with zero attached hydrogens (tertiary/aromatic N) is 3. The van der Waals surface area contributed by atoms with Crippen LogP contribution in [0.4, 0.5) is 0 Å². The van der Waals surface area contributed by atoms with E-state index in [4.69, 9.17) is 9.26 Å². The van der Waals surface area contributed by atoms with Crippen molar-refractivity contribution in [3.8, 4) is 11.5 Å². The zero-order valence-electron chi connectivity index (χ0n) is 11.3. The molecule has 1 fully saturated rings. The SMILES string of the molecule is c1ccc2c(-c3noc(C4COCCN4)n3)nccc2c1. The molecule has 2 aromatic heterocycles. The highest BCUT2D eigenvalue weighted by atomic mass is 16.5. The molecule has 6 nitrogen and oxygen atoms in total. The fraction of sp³-hybridized carbons (Fsp3) is 0.267. The van der Waals surface area contributed by atoms with Crippen LogP contribution in [0.5, 0.6) is 0 Å². The van der Waals surface area contributed by atoms with Gasteiger partial charge in [-0.05, 0) is 11.5 Å². The van der Waals surface area contributed by atoms with Crippen LogP contribution in [0, 0.1) is 0 Å². The Morgan fingerprint density at radius 3 is 3.05 bits per heavy atom. The van der Waals surface area contributed by atoms with Gasteiger partial charge in [0.05, 0.1) is 13.2 Å². The summed E-state index contributed by atoms with van der Waals surface area (Å²) in [6.07, 6.45) is 1.76. The number of nitrogens with one attached hydrogen (secondary N) is 1. The second kappa shape index (κ2) is 5.23. The maximum Gasteiger partial charge on any atom is 0.246 e. The summed E-state index contributed by atoms with van der Waals surface area (Å²) in [4.78, 5) is 8.87. The van der Waals surface area contributed by atoms with Crippen molar-refractivity contribution in [1.82, 2.24) is 20.4 Å². The topological polar surface area (TPSA) is 73.1 Å². The molecule has 0 aliphatic carbocycles. The Balaban J connectivity index is 1.74. The molecule has 0 bridgehead atoms. The van der Waals surface area contributed by atoms with Crippen LogP contribution in [0.1, 0.15) is 11.9 Å². The van der Waals surface area contributed by atoms with Gasteiger partial charge in [0, 0.05) is 18.1 Å². The minimum absolute atomic E-state index is 0.0463. The molecule has 1 aliphatic heterocycles. The van der Waals surface area contributed by atoms with Gasteiger partial charge in [0.2, 0.25) is 11.7 Å². The highest BCUT2D eigenvalue weighted by Gasteiger charge is 2.22. The third-order valence-electron chi connectivity index (χ3n) is 3.55. The van der Waals surface area contributed by atoms with Crippen LogP contribution in [-0.2, 0) is 4.74 Å². The largest absolute Gasteiger partial charge is 0.378 e. The third-order valence-corrected chi connectivity index (χ3v) is 3.55. The number of hydrogen-bond acceptors (Lipinski definition) is 6. The summed E-state index contributed by atoms with van der Waals surface area (Å²) >= 11 is 0. The molecule has 0 radical (unpaired) electrons. The Morgan fingerprint density at radius 1 is 1.19 bits per heavy atom. The summed E-state index contributed by atoms with van der Waals surface area (Å²) in [5.74, 6) is 1.05. The van der Waals surface area contributed by atoms with Crippen molar-refractivity contribution in [3.05, 3.63) is 42.4 Å². The first kappa shape index (κ1) is 12.4. The second-order valence-electron chi connectivity index (χ2n) is 4.92. The molecule has 1 N–H and O–H groups in total. The van der Waals surface area contributed by atoms with E-state index in [-0.39, 0.29) is 6.04 Å². The maximum absolute atomic E-state index is 5.42. The normalized spacial score (nSPS) is 19.0. The van der Waals surface area contributed by atoms with Crippen LogP contribution < -0.4 is 5.32 Å². The molecule has 6 heteroatoms. The van der Waals surface area contributed by atoms with Crippen molar-refractivity contribution in [2.75, 3.05) is 19.8 Å². The molecule has 4 rings (SSSR count). The molecule has 0 amide bonds. The van der Waals surface area contributed by atoms with Gasteiger partial charge in [-0.2, -0.15) is 4.98 Å². The fourth-order valence-electron chi connectivity index (χ4n) is 2.49. The van der Waals surface area contributed by atoms with E-state index >= 15 is 0 Å². The van der Waals surface area contributed by atoms with Gasteiger partial charge in [-0.15, -0.1) is 0 Å². The summed E-state index contributed by atoms with van der Waals surface area (Å²) < 4.78 is 10.8. The molecule has 3 heterocycles. The number of aromatic nitrogens is 3. The van der Waals surface area contributed by atoms with E-state index < -0.39 is 0 Å². The van der Waals surface area contributed by atoms with Gasteiger partial charge >= 0.3 is 0 Å². The molecule has 1 aromatic carbocycles. The maximum atomic E-state index is 5.42. The Bertz CT molecular complexity index is 760. The summed E-state index contributed by atoms with van der Waals surface area (Å²) in [5, 5.41) is 9.48. The Hall–Kier alpha value is -2.31. The molecule has 3 aromatic rings. The molecule has 1 saturated heterocycles. The van der Waals surface area contributed by atoms with Crippen LogP contribution in [0.25, 0.3) is 22.3 Å². The van der Waals surface area contributed by atoms with Gasteiger partial charge in [0.25, 0.3) is 0 Å². The summed E-state index contributed by atoms with van der Waals surface area (Å²) in [7, 11) is 0. The minimum Gasteiger partial charge on any atom is -0.378 e. The van der Waals surface area contributed by atoms with E-state index in [0.717, 1.165) is 23.0 Å². The van der Waals surface area contributed by atoms with Crippen LogP contribution in [0.15, 0.2) is 41.1 Å². The lowest BCUT2D eigenvalue weighted by Crippen LogP contribution is -2.34. The lowest BCUT2D eigenvalue weighted by molar-refractivity contribution is 0.0659. The summed E-state index contributed by atoms with van der Waals surface area (Å²) in [6.45, 7) is 2.04. The van der Waals surface area contributed by atoms with E-state index in [1.54, 1.807) is 6.20 Å².